The van der Waals surface area contributed by atoms with Crippen molar-refractivity contribution in [1.29, 1.82) is 0 Å². The van der Waals surface area contributed by atoms with E-state index >= 15 is 8.78 Å². The number of hydrazine groups is 2. The van der Waals surface area contributed by atoms with Crippen LogP contribution in [0.2, 0.25) is 0 Å². The molecular formula is C19H22F4N8O5. The van der Waals surface area contributed by atoms with Crippen molar-refractivity contribution in [2.75, 3.05) is 55.7 Å². The summed E-state index contributed by atoms with van der Waals surface area (Å²) >= 11 is 0. The summed E-state index contributed by atoms with van der Waals surface area (Å²) < 4.78 is 59.6. The van der Waals surface area contributed by atoms with Crippen molar-refractivity contribution in [3.63, 3.8) is 0 Å². The molecule has 1 aromatic rings. The Balaban J connectivity index is 1.38. The van der Waals surface area contributed by atoms with Crippen LogP contribution in [0.3, 0.4) is 0 Å². The number of amides is 3. The minimum atomic E-state index is -3.22. The standard InChI is InChI=1S/C19H22F4N8O5/c20-13-5-11(29-8-12(36-19(29)34)7-24-18(33)17(22)23)6-14(21)16(13)28-1-2-30(35-4-3-28)15(32)9-31-26-10-25-27-31/h5-6,10,12,17,27H,1-4,7-9H2,(H,24,33)(H,25,26). The zero-order valence-electron chi connectivity index (χ0n) is 18.6. The zero-order valence-corrected chi connectivity index (χ0v) is 18.6. The summed E-state index contributed by atoms with van der Waals surface area (Å²) in [4.78, 5) is 43.3. The fraction of sp³-hybridized carbons (Fsp3) is 0.474. The fourth-order valence-electron chi connectivity index (χ4n) is 3.73. The summed E-state index contributed by atoms with van der Waals surface area (Å²) in [6.45, 7) is -0.551. The van der Waals surface area contributed by atoms with Gasteiger partial charge in [0.05, 0.1) is 31.9 Å². The molecule has 1 unspecified atom stereocenters. The summed E-state index contributed by atoms with van der Waals surface area (Å²) in [5.74, 6) is -3.86. The summed E-state index contributed by atoms with van der Waals surface area (Å²) in [6, 6.07) is 1.89. The highest BCUT2D eigenvalue weighted by Gasteiger charge is 2.34. The lowest BCUT2D eigenvalue weighted by Crippen LogP contribution is -2.47. The second-order valence-electron chi connectivity index (χ2n) is 7.81. The van der Waals surface area contributed by atoms with Crippen molar-refractivity contribution >= 4 is 35.6 Å². The first-order valence-electron chi connectivity index (χ1n) is 10.7. The van der Waals surface area contributed by atoms with Crippen LogP contribution in [0, 0.1) is 11.6 Å². The highest BCUT2D eigenvalue weighted by Crippen LogP contribution is 2.31. The van der Waals surface area contributed by atoms with Gasteiger partial charge >= 0.3 is 12.5 Å². The number of nitrogens with one attached hydrogen (secondary N) is 3. The molecule has 2 saturated heterocycles. The van der Waals surface area contributed by atoms with E-state index in [4.69, 9.17) is 9.57 Å². The molecule has 17 heteroatoms. The Morgan fingerprint density at radius 2 is 1.94 bits per heavy atom. The number of halogens is 4. The van der Waals surface area contributed by atoms with Crippen molar-refractivity contribution < 1.29 is 41.5 Å². The Kier molecular flexibility index (Phi) is 7.58. The number of hydroxylamine groups is 2. The van der Waals surface area contributed by atoms with Crippen molar-refractivity contribution in [2.24, 2.45) is 5.10 Å². The van der Waals surface area contributed by atoms with Crippen LogP contribution in [0.5, 0.6) is 0 Å². The zero-order chi connectivity index (χ0) is 25.8. The first-order chi connectivity index (χ1) is 17.2. The van der Waals surface area contributed by atoms with Crippen LogP contribution in [0.4, 0.5) is 33.7 Å². The van der Waals surface area contributed by atoms with Gasteiger partial charge in [-0.1, -0.05) is 0 Å². The summed E-state index contributed by atoms with van der Waals surface area (Å²) in [7, 11) is 0. The Labute approximate surface area is 201 Å². The van der Waals surface area contributed by atoms with Gasteiger partial charge in [-0.25, -0.2) is 24.2 Å². The Morgan fingerprint density at radius 3 is 2.61 bits per heavy atom. The summed E-state index contributed by atoms with van der Waals surface area (Å²) in [6.07, 6.45) is -3.80. The van der Waals surface area contributed by atoms with Crippen LogP contribution in [0.1, 0.15) is 0 Å². The highest BCUT2D eigenvalue weighted by molar-refractivity contribution is 5.90. The molecule has 0 aliphatic carbocycles. The Hall–Kier alpha value is -3.86. The largest absolute Gasteiger partial charge is 0.442 e. The van der Waals surface area contributed by atoms with E-state index in [2.05, 4.69) is 16.1 Å². The summed E-state index contributed by atoms with van der Waals surface area (Å²) in [5, 5.41) is 8.01. The number of alkyl halides is 2. The number of cyclic esters (lactones) is 1. The van der Waals surface area contributed by atoms with Crippen molar-refractivity contribution in [2.45, 2.75) is 12.5 Å². The monoisotopic (exact) mass is 518 g/mol. The third kappa shape index (κ3) is 5.68. The molecule has 0 radical (unpaired) electrons. The van der Waals surface area contributed by atoms with E-state index in [1.165, 1.54) is 16.4 Å². The molecule has 0 saturated carbocycles. The van der Waals surface area contributed by atoms with Gasteiger partial charge in [0.1, 0.15) is 24.7 Å². The van der Waals surface area contributed by atoms with E-state index < -0.39 is 42.1 Å². The predicted octanol–water partition coefficient (Wildman–Crippen LogP) is -0.480. The number of hydrazone groups is 1. The average molecular weight is 518 g/mol. The van der Waals surface area contributed by atoms with E-state index in [1.54, 1.807) is 0 Å². The van der Waals surface area contributed by atoms with Crippen molar-refractivity contribution in [1.82, 2.24) is 26.5 Å². The molecule has 3 aliphatic heterocycles. The van der Waals surface area contributed by atoms with Gasteiger partial charge in [0, 0.05) is 25.2 Å². The van der Waals surface area contributed by atoms with Crippen LogP contribution in [0.15, 0.2) is 17.2 Å². The number of rotatable bonds is 7. The Bertz CT molecular complexity index is 1020. The molecule has 196 valence electrons. The predicted molar refractivity (Wildman–Crippen MR) is 114 cm³/mol. The second-order valence-corrected chi connectivity index (χ2v) is 7.81. The molecular weight excluding hydrogens is 496 g/mol. The molecule has 3 heterocycles. The van der Waals surface area contributed by atoms with Gasteiger partial charge in [-0.05, 0) is 0 Å². The summed E-state index contributed by atoms with van der Waals surface area (Å²) in [5.41, 5.74) is 4.71. The maximum Gasteiger partial charge on any atom is 0.414 e. The van der Waals surface area contributed by atoms with Gasteiger partial charge in [-0.2, -0.15) is 13.9 Å². The van der Waals surface area contributed by atoms with Crippen LogP contribution >= 0.6 is 0 Å². The number of carbonyl (C=O) groups is 3. The van der Waals surface area contributed by atoms with Gasteiger partial charge < -0.3 is 15.0 Å². The van der Waals surface area contributed by atoms with E-state index in [1.807, 2.05) is 5.32 Å². The molecule has 36 heavy (non-hydrogen) atoms. The van der Waals surface area contributed by atoms with Crippen molar-refractivity contribution in [3.05, 3.63) is 23.8 Å². The van der Waals surface area contributed by atoms with Gasteiger partial charge in [0.15, 0.2) is 11.6 Å². The number of hydrogen-bond acceptors (Lipinski definition) is 10. The molecule has 3 amide bonds. The first kappa shape index (κ1) is 25.2. The molecule has 1 atom stereocenters. The number of ether oxygens (including phenoxy) is 1. The number of carbonyl (C=O) groups excluding carboxylic acids is 3. The van der Waals surface area contributed by atoms with E-state index in [0.717, 1.165) is 22.1 Å². The first-order valence-corrected chi connectivity index (χ1v) is 10.7. The number of nitrogens with zero attached hydrogens (tertiary/aromatic N) is 5. The minimum Gasteiger partial charge on any atom is -0.442 e. The lowest BCUT2D eigenvalue weighted by atomic mass is 10.2. The van der Waals surface area contributed by atoms with Gasteiger partial charge in [0.2, 0.25) is 0 Å². The number of hydrogen-bond donors (Lipinski definition) is 3. The lowest BCUT2D eigenvalue weighted by molar-refractivity contribution is -0.184. The molecule has 3 aliphatic rings. The molecule has 2 fully saturated rings. The smallest absolute Gasteiger partial charge is 0.414 e. The second kappa shape index (κ2) is 10.8. The van der Waals surface area contributed by atoms with E-state index in [-0.39, 0.29) is 57.3 Å². The SMILES string of the molecule is O=C(NCC1CN(c2cc(F)c(N3CCON(C(=O)CN4NC=NN4)CC3)c(F)c2)C(=O)O1)C(F)F. The van der Waals surface area contributed by atoms with Gasteiger partial charge in [-0.3, -0.25) is 24.8 Å². The van der Waals surface area contributed by atoms with Crippen LogP contribution in [0.25, 0.3) is 0 Å². The third-order valence-corrected chi connectivity index (χ3v) is 5.42. The molecule has 0 bridgehead atoms. The quantitative estimate of drug-likeness (QED) is 0.410. The van der Waals surface area contributed by atoms with Crippen LogP contribution in [-0.4, -0.2) is 92.8 Å². The van der Waals surface area contributed by atoms with Gasteiger partial charge in [-0.15, -0.1) is 5.12 Å². The van der Waals surface area contributed by atoms with Gasteiger partial charge in [0.25, 0.3) is 11.8 Å². The maximum absolute atomic E-state index is 15.0. The third-order valence-electron chi connectivity index (χ3n) is 5.42. The normalized spacial score (nSPS) is 20.3. The fourth-order valence-corrected chi connectivity index (χ4v) is 3.73. The van der Waals surface area contributed by atoms with Crippen LogP contribution < -0.4 is 26.1 Å². The highest BCUT2D eigenvalue weighted by atomic mass is 19.3. The number of benzene rings is 1. The van der Waals surface area contributed by atoms with E-state index in [9.17, 15) is 23.2 Å². The minimum absolute atomic E-state index is 0.0196. The maximum atomic E-state index is 15.0. The van der Waals surface area contributed by atoms with Crippen molar-refractivity contribution in [3.8, 4) is 0 Å². The topological polar surface area (TPSA) is 131 Å². The molecule has 13 nitrogen and oxygen atoms in total. The van der Waals surface area contributed by atoms with E-state index in [0.29, 0.717) is 0 Å². The Morgan fingerprint density at radius 1 is 1.19 bits per heavy atom. The van der Waals surface area contributed by atoms with Crippen LogP contribution in [-0.2, 0) is 19.2 Å². The molecule has 3 N–H and O–H groups in total. The molecule has 1 aromatic carbocycles. The molecule has 0 aromatic heterocycles. The molecule has 0 spiro atoms. The number of anilines is 2. The average Bonchev–Trinajstić information content (AvgIpc) is 3.40. The molecule has 4 rings (SSSR count). The lowest BCUT2D eigenvalue weighted by Gasteiger charge is -2.25.